The van der Waals surface area contributed by atoms with Gasteiger partial charge >= 0.3 is 0 Å². The second-order valence-corrected chi connectivity index (χ2v) is 8.79. The van der Waals surface area contributed by atoms with Gasteiger partial charge in [-0.1, -0.05) is 30.7 Å². The quantitative estimate of drug-likeness (QED) is 0.562. The van der Waals surface area contributed by atoms with Crippen LogP contribution in [-0.4, -0.2) is 25.0 Å². The summed E-state index contributed by atoms with van der Waals surface area (Å²) in [7, 11) is 3.40. The second-order valence-electron chi connectivity index (χ2n) is 8.39. The molecule has 1 aliphatic carbocycles. The molecule has 4 N–H and O–H groups in total. The van der Waals surface area contributed by atoms with Crippen LogP contribution in [0.3, 0.4) is 0 Å². The molecule has 30 heavy (non-hydrogen) atoms. The maximum atomic E-state index is 5.49. The number of benzene rings is 2. The Balaban J connectivity index is 1.57. The van der Waals surface area contributed by atoms with Crippen LogP contribution in [0.4, 0.5) is 0 Å². The van der Waals surface area contributed by atoms with E-state index in [4.69, 9.17) is 21.7 Å². The largest absolute Gasteiger partial charge is 0.497 e. The van der Waals surface area contributed by atoms with Gasteiger partial charge in [0, 0.05) is 23.9 Å². The van der Waals surface area contributed by atoms with Crippen LogP contribution in [0.15, 0.2) is 48.5 Å². The van der Waals surface area contributed by atoms with Gasteiger partial charge in [0.2, 0.25) is 0 Å². The van der Waals surface area contributed by atoms with E-state index >= 15 is 0 Å². The number of ether oxygens (including phenoxy) is 2. The van der Waals surface area contributed by atoms with E-state index in [2.05, 4.69) is 45.8 Å². The molecule has 3 aliphatic rings. The number of thiocarbonyl (C=S) groups is 1. The molecule has 0 amide bonds. The Hall–Kier alpha value is -2.35. The van der Waals surface area contributed by atoms with Crippen molar-refractivity contribution >= 4 is 17.3 Å². The highest BCUT2D eigenvalue weighted by Gasteiger charge is 2.59. The van der Waals surface area contributed by atoms with Crippen LogP contribution in [0.1, 0.15) is 42.5 Å². The monoisotopic (exact) mass is 424 g/mol. The van der Waals surface area contributed by atoms with Gasteiger partial charge in [-0.15, -0.1) is 0 Å². The minimum absolute atomic E-state index is 0.183. The topological polar surface area (TPSA) is 66.6 Å². The summed E-state index contributed by atoms with van der Waals surface area (Å²) in [5.74, 6) is 2.45. The van der Waals surface area contributed by atoms with Crippen LogP contribution in [0.5, 0.6) is 11.5 Å². The van der Waals surface area contributed by atoms with Crippen molar-refractivity contribution in [2.45, 2.75) is 37.0 Å². The van der Waals surface area contributed by atoms with Crippen LogP contribution < -0.4 is 31.0 Å². The van der Waals surface area contributed by atoms with Gasteiger partial charge in [0.1, 0.15) is 17.2 Å². The van der Waals surface area contributed by atoms with E-state index in [0.29, 0.717) is 16.9 Å². The number of hydrogen-bond donors (Lipinski definition) is 4. The lowest BCUT2D eigenvalue weighted by molar-refractivity contribution is -0.0262. The van der Waals surface area contributed by atoms with Crippen molar-refractivity contribution in [2.75, 3.05) is 14.2 Å². The molecule has 4 atom stereocenters. The standard InChI is InChI=1S/C23H28N4O2S/c1-28-16-10-6-14(7-11-16)20-18-4-3-5-19(23(18)25-22(30)26-27-23)21(24-20)15-8-12-17(29-2)13-9-15/h6-13,18-21,24,27H,3-5H2,1-2H3,(H2,25,26,30). The number of hydrogen-bond acceptors (Lipinski definition) is 5. The highest BCUT2D eigenvalue weighted by Crippen LogP contribution is 2.53. The maximum Gasteiger partial charge on any atom is 0.182 e. The Morgan fingerprint density at radius 2 is 1.33 bits per heavy atom. The second kappa shape index (κ2) is 7.72. The van der Waals surface area contributed by atoms with Gasteiger partial charge < -0.3 is 20.1 Å². The molecular weight excluding hydrogens is 396 g/mol. The highest BCUT2D eigenvalue weighted by atomic mass is 32.1. The average molecular weight is 425 g/mol. The van der Waals surface area contributed by atoms with Crippen molar-refractivity contribution < 1.29 is 9.47 Å². The molecule has 2 aromatic carbocycles. The lowest BCUT2D eigenvalue weighted by Crippen LogP contribution is -2.71. The summed E-state index contributed by atoms with van der Waals surface area (Å²) in [6, 6.07) is 17.2. The first kappa shape index (κ1) is 19.6. The van der Waals surface area contributed by atoms with Gasteiger partial charge in [-0.3, -0.25) is 5.43 Å². The minimum Gasteiger partial charge on any atom is -0.497 e. The Bertz CT molecular complexity index is 856. The first-order chi connectivity index (χ1) is 14.6. The molecule has 2 saturated heterocycles. The molecule has 2 heterocycles. The fraction of sp³-hybridized carbons (Fsp3) is 0.435. The summed E-state index contributed by atoms with van der Waals surface area (Å²) in [5.41, 5.74) is 9.02. The van der Waals surface area contributed by atoms with E-state index in [0.717, 1.165) is 24.3 Å². The number of piperidine rings is 1. The SMILES string of the molecule is COc1ccc(C2NC(c3ccc(OC)cc3)C3CCCC2C32NNC(=S)N2)cc1. The van der Waals surface area contributed by atoms with Gasteiger partial charge in [-0.25, -0.2) is 5.43 Å². The van der Waals surface area contributed by atoms with Crippen LogP contribution >= 0.6 is 12.2 Å². The number of nitrogens with one attached hydrogen (secondary N) is 4. The molecule has 1 saturated carbocycles. The Labute approximate surface area is 182 Å². The van der Waals surface area contributed by atoms with Crippen molar-refractivity contribution in [3.05, 3.63) is 59.7 Å². The van der Waals surface area contributed by atoms with E-state index in [1.165, 1.54) is 17.5 Å². The zero-order valence-corrected chi connectivity index (χ0v) is 18.1. The number of rotatable bonds is 4. The van der Waals surface area contributed by atoms with Gasteiger partial charge in [-0.2, -0.15) is 0 Å². The number of hydrazine groups is 1. The normalized spacial score (nSPS) is 32.4. The van der Waals surface area contributed by atoms with Crippen LogP contribution in [0, 0.1) is 11.8 Å². The van der Waals surface area contributed by atoms with E-state index in [1.807, 2.05) is 24.3 Å². The summed E-state index contributed by atoms with van der Waals surface area (Å²) >= 11 is 5.49. The molecule has 2 bridgehead atoms. The third-order valence-electron chi connectivity index (χ3n) is 7.02. The summed E-state index contributed by atoms with van der Waals surface area (Å²) in [6.45, 7) is 0. The zero-order chi connectivity index (χ0) is 20.7. The lowest BCUT2D eigenvalue weighted by atomic mass is 9.61. The molecule has 2 aromatic rings. The lowest BCUT2D eigenvalue weighted by Gasteiger charge is -2.57. The summed E-state index contributed by atoms with van der Waals surface area (Å²) in [4.78, 5) is 0. The van der Waals surface area contributed by atoms with Crippen molar-refractivity contribution in [2.24, 2.45) is 11.8 Å². The van der Waals surface area contributed by atoms with Crippen LogP contribution in [0.2, 0.25) is 0 Å². The van der Waals surface area contributed by atoms with Gasteiger partial charge in [0.05, 0.1) is 14.2 Å². The van der Waals surface area contributed by atoms with E-state index in [-0.39, 0.29) is 17.7 Å². The molecule has 6 nitrogen and oxygen atoms in total. The molecule has 4 unspecified atom stereocenters. The third kappa shape index (κ3) is 3.12. The van der Waals surface area contributed by atoms with Gasteiger partial charge in [0.25, 0.3) is 0 Å². The Morgan fingerprint density at radius 1 is 0.833 bits per heavy atom. The molecule has 158 valence electrons. The van der Waals surface area contributed by atoms with E-state index < -0.39 is 0 Å². The maximum absolute atomic E-state index is 5.49. The molecule has 0 radical (unpaired) electrons. The molecule has 5 rings (SSSR count). The predicted octanol–water partition coefficient (Wildman–Crippen LogP) is 3.18. The van der Waals surface area contributed by atoms with Crippen molar-refractivity contribution in [1.29, 1.82) is 0 Å². The molecule has 3 fully saturated rings. The van der Waals surface area contributed by atoms with Crippen molar-refractivity contribution in [3.8, 4) is 11.5 Å². The molecule has 2 aliphatic heterocycles. The fourth-order valence-electron chi connectivity index (χ4n) is 5.63. The van der Waals surface area contributed by atoms with Crippen LogP contribution in [-0.2, 0) is 0 Å². The first-order valence-electron chi connectivity index (χ1n) is 10.5. The minimum atomic E-state index is -0.282. The van der Waals surface area contributed by atoms with E-state index in [1.54, 1.807) is 14.2 Å². The van der Waals surface area contributed by atoms with E-state index in [9.17, 15) is 0 Å². The van der Waals surface area contributed by atoms with Gasteiger partial charge in [-0.05, 0) is 60.5 Å². The highest BCUT2D eigenvalue weighted by molar-refractivity contribution is 7.80. The van der Waals surface area contributed by atoms with Gasteiger partial charge in [0.15, 0.2) is 5.11 Å². The summed E-state index contributed by atoms with van der Waals surface area (Å²) in [6.07, 6.45) is 3.45. The third-order valence-corrected chi connectivity index (χ3v) is 7.22. The molecular formula is C23H28N4O2S. The molecule has 7 heteroatoms. The zero-order valence-electron chi connectivity index (χ0n) is 17.3. The van der Waals surface area contributed by atoms with Crippen molar-refractivity contribution in [1.82, 2.24) is 21.5 Å². The molecule has 0 aromatic heterocycles. The Morgan fingerprint density at radius 3 is 1.73 bits per heavy atom. The van der Waals surface area contributed by atoms with Crippen LogP contribution in [0.25, 0.3) is 0 Å². The summed E-state index contributed by atoms with van der Waals surface area (Å²) in [5, 5.41) is 8.31. The van der Waals surface area contributed by atoms with Crippen molar-refractivity contribution in [3.63, 3.8) is 0 Å². The predicted molar refractivity (Wildman–Crippen MR) is 120 cm³/mol. The first-order valence-corrected chi connectivity index (χ1v) is 10.9. The fourth-order valence-corrected chi connectivity index (χ4v) is 5.85. The Kier molecular flexibility index (Phi) is 5.05. The smallest absolute Gasteiger partial charge is 0.182 e. The average Bonchev–Trinajstić information content (AvgIpc) is 3.15. The summed E-state index contributed by atoms with van der Waals surface area (Å²) < 4.78 is 10.7. The molecule has 1 spiro atoms. The number of methoxy groups -OCH3 is 2.